The molecule has 2 aromatic rings. The molecule has 1 N–H and O–H groups in total. The fourth-order valence-electron chi connectivity index (χ4n) is 3.39. The number of benzene rings is 2. The van der Waals surface area contributed by atoms with E-state index in [0.717, 1.165) is 11.3 Å². The van der Waals surface area contributed by atoms with Crippen molar-refractivity contribution in [2.24, 2.45) is 5.10 Å². The molecule has 0 aromatic heterocycles. The Labute approximate surface area is 148 Å². The molecule has 25 heavy (non-hydrogen) atoms. The fourth-order valence-corrected chi connectivity index (χ4v) is 3.39. The lowest BCUT2D eigenvalue weighted by molar-refractivity contribution is 0.0954. The number of allylic oxidation sites excluding steroid dienone is 2. The van der Waals surface area contributed by atoms with E-state index in [0.29, 0.717) is 5.56 Å². The average molecular weight is 333 g/mol. The standard InChI is InChI=1S/C21H23N3O/c1-15-9-5-6-10-16(15)20(25)23-22-14-13-19-21(2,3)17-11-7-8-12-18(17)24(19)4/h5-14H,1-4H3,(H,23,25)/b19-13+,22-14+. The molecule has 0 unspecified atom stereocenters. The zero-order chi connectivity index (χ0) is 18.0. The summed E-state index contributed by atoms with van der Waals surface area (Å²) in [6, 6.07) is 15.9. The van der Waals surface area contributed by atoms with E-state index in [9.17, 15) is 4.79 Å². The van der Waals surface area contributed by atoms with Crippen molar-refractivity contribution in [3.63, 3.8) is 0 Å². The van der Waals surface area contributed by atoms with Crippen LogP contribution in [0.2, 0.25) is 0 Å². The second kappa shape index (κ2) is 6.55. The van der Waals surface area contributed by atoms with Gasteiger partial charge in [0.2, 0.25) is 0 Å². The molecule has 3 rings (SSSR count). The van der Waals surface area contributed by atoms with Gasteiger partial charge >= 0.3 is 0 Å². The lowest BCUT2D eigenvalue weighted by Crippen LogP contribution is -2.23. The highest BCUT2D eigenvalue weighted by Gasteiger charge is 2.37. The van der Waals surface area contributed by atoms with Gasteiger partial charge in [-0.15, -0.1) is 0 Å². The number of fused-ring (bicyclic) bond motifs is 1. The number of amides is 1. The first-order valence-electron chi connectivity index (χ1n) is 8.36. The highest BCUT2D eigenvalue weighted by molar-refractivity contribution is 5.96. The number of carbonyl (C=O) groups excluding carboxylic acids is 1. The number of nitrogens with one attached hydrogen (secondary N) is 1. The van der Waals surface area contributed by atoms with Crippen molar-refractivity contribution in [3.8, 4) is 0 Å². The van der Waals surface area contributed by atoms with Crippen LogP contribution < -0.4 is 10.3 Å². The first kappa shape index (κ1) is 17.0. The molecule has 1 heterocycles. The third-order valence-electron chi connectivity index (χ3n) is 4.80. The Morgan fingerprint density at radius 2 is 1.80 bits per heavy atom. The number of hydrogen-bond donors (Lipinski definition) is 1. The third kappa shape index (κ3) is 3.07. The Bertz CT molecular complexity index is 865. The lowest BCUT2D eigenvalue weighted by atomic mass is 9.84. The van der Waals surface area contributed by atoms with Gasteiger partial charge in [-0.3, -0.25) is 4.79 Å². The van der Waals surface area contributed by atoms with Gasteiger partial charge in [-0.05, 0) is 36.3 Å². The molecule has 0 aliphatic carbocycles. The number of anilines is 1. The van der Waals surface area contributed by atoms with Crippen LogP contribution in [0.25, 0.3) is 0 Å². The molecule has 0 radical (unpaired) electrons. The minimum Gasteiger partial charge on any atom is -0.347 e. The zero-order valence-electron chi connectivity index (χ0n) is 15.1. The van der Waals surface area contributed by atoms with Gasteiger partial charge in [-0.25, -0.2) is 5.43 Å². The van der Waals surface area contributed by atoms with Crippen molar-refractivity contribution in [2.45, 2.75) is 26.2 Å². The molecule has 4 nitrogen and oxygen atoms in total. The summed E-state index contributed by atoms with van der Waals surface area (Å²) in [5.74, 6) is -0.199. The summed E-state index contributed by atoms with van der Waals surface area (Å²) >= 11 is 0. The Kier molecular flexibility index (Phi) is 4.45. The van der Waals surface area contributed by atoms with Crippen LogP contribution in [0.5, 0.6) is 0 Å². The predicted octanol–water partition coefficient (Wildman–Crippen LogP) is 4.02. The van der Waals surface area contributed by atoms with Crippen molar-refractivity contribution in [1.29, 1.82) is 0 Å². The Balaban J connectivity index is 1.75. The van der Waals surface area contributed by atoms with E-state index in [1.54, 1.807) is 12.3 Å². The van der Waals surface area contributed by atoms with Crippen molar-refractivity contribution in [2.75, 3.05) is 11.9 Å². The Morgan fingerprint density at radius 3 is 2.52 bits per heavy atom. The third-order valence-corrected chi connectivity index (χ3v) is 4.80. The molecule has 0 fully saturated rings. The highest BCUT2D eigenvalue weighted by Crippen LogP contribution is 2.46. The van der Waals surface area contributed by atoms with Crippen LogP contribution in [-0.4, -0.2) is 19.2 Å². The number of rotatable bonds is 3. The smallest absolute Gasteiger partial charge is 0.271 e. The van der Waals surface area contributed by atoms with E-state index < -0.39 is 0 Å². The molecule has 0 saturated heterocycles. The van der Waals surface area contributed by atoms with Crippen LogP contribution in [-0.2, 0) is 5.41 Å². The van der Waals surface area contributed by atoms with Crippen molar-refractivity contribution >= 4 is 17.8 Å². The quantitative estimate of drug-likeness (QED) is 0.681. The number of aryl methyl sites for hydroxylation is 1. The summed E-state index contributed by atoms with van der Waals surface area (Å²) in [6.07, 6.45) is 3.60. The van der Waals surface area contributed by atoms with Gasteiger partial charge in [0.15, 0.2) is 0 Å². The molecule has 1 aliphatic rings. The van der Waals surface area contributed by atoms with E-state index in [2.05, 4.69) is 54.5 Å². The SMILES string of the molecule is Cc1ccccc1C(=O)N/N=C/C=C1/N(C)c2ccccc2C1(C)C. The van der Waals surface area contributed by atoms with Crippen LogP contribution in [0.3, 0.4) is 0 Å². The number of nitrogens with zero attached hydrogens (tertiary/aromatic N) is 2. The zero-order valence-corrected chi connectivity index (χ0v) is 15.1. The maximum Gasteiger partial charge on any atom is 0.271 e. The molecule has 1 amide bonds. The van der Waals surface area contributed by atoms with Crippen LogP contribution in [0.15, 0.2) is 65.4 Å². The van der Waals surface area contributed by atoms with Gasteiger partial charge in [0.1, 0.15) is 0 Å². The van der Waals surface area contributed by atoms with Gasteiger partial charge in [0, 0.05) is 35.6 Å². The van der Waals surface area contributed by atoms with E-state index in [1.165, 1.54) is 11.3 Å². The maximum atomic E-state index is 12.2. The fraction of sp³-hybridized carbons (Fsp3) is 0.238. The molecule has 0 spiro atoms. The minimum absolute atomic E-state index is 0.0998. The normalized spacial score (nSPS) is 17.1. The van der Waals surface area contributed by atoms with E-state index in [1.807, 2.05) is 37.3 Å². The first-order chi connectivity index (χ1) is 11.9. The predicted molar refractivity (Wildman–Crippen MR) is 103 cm³/mol. The number of carbonyl (C=O) groups is 1. The first-order valence-corrected chi connectivity index (χ1v) is 8.36. The molecule has 4 heteroatoms. The second-order valence-electron chi connectivity index (χ2n) is 6.79. The molecule has 128 valence electrons. The van der Waals surface area contributed by atoms with E-state index >= 15 is 0 Å². The van der Waals surface area contributed by atoms with Crippen molar-refractivity contribution < 1.29 is 4.79 Å². The van der Waals surface area contributed by atoms with Gasteiger partial charge < -0.3 is 4.90 Å². The summed E-state index contributed by atoms with van der Waals surface area (Å²) in [5.41, 5.74) is 7.70. The number of hydrogen-bond acceptors (Lipinski definition) is 3. The Morgan fingerprint density at radius 1 is 1.12 bits per heavy atom. The molecule has 0 atom stereocenters. The molecule has 2 aromatic carbocycles. The monoisotopic (exact) mass is 333 g/mol. The van der Waals surface area contributed by atoms with Gasteiger partial charge in [0.25, 0.3) is 5.91 Å². The highest BCUT2D eigenvalue weighted by atomic mass is 16.2. The van der Waals surface area contributed by atoms with Crippen LogP contribution >= 0.6 is 0 Å². The van der Waals surface area contributed by atoms with Crippen molar-refractivity contribution in [1.82, 2.24) is 5.43 Å². The van der Waals surface area contributed by atoms with Crippen LogP contribution in [0.1, 0.15) is 35.3 Å². The molecule has 0 saturated carbocycles. The number of hydrazone groups is 1. The Hall–Kier alpha value is -2.88. The van der Waals surface area contributed by atoms with E-state index in [4.69, 9.17) is 0 Å². The van der Waals surface area contributed by atoms with Gasteiger partial charge in [-0.2, -0.15) is 5.10 Å². The molecular weight excluding hydrogens is 310 g/mol. The number of likely N-dealkylation sites (N-methyl/N-ethyl adjacent to an activating group) is 1. The summed E-state index contributed by atoms with van der Waals surface area (Å²) in [4.78, 5) is 14.3. The largest absolute Gasteiger partial charge is 0.347 e. The van der Waals surface area contributed by atoms with Crippen molar-refractivity contribution in [3.05, 3.63) is 77.0 Å². The summed E-state index contributed by atoms with van der Waals surface area (Å²) in [5, 5.41) is 4.09. The van der Waals surface area contributed by atoms with Gasteiger partial charge in [0.05, 0.1) is 0 Å². The second-order valence-corrected chi connectivity index (χ2v) is 6.79. The summed E-state index contributed by atoms with van der Waals surface area (Å²) in [7, 11) is 2.05. The van der Waals surface area contributed by atoms with Gasteiger partial charge in [-0.1, -0.05) is 50.2 Å². The molecule has 0 bridgehead atoms. The summed E-state index contributed by atoms with van der Waals surface area (Å²) in [6.45, 7) is 6.30. The van der Waals surface area contributed by atoms with E-state index in [-0.39, 0.29) is 11.3 Å². The number of para-hydroxylation sites is 1. The average Bonchev–Trinajstić information content (AvgIpc) is 2.79. The molecular formula is C21H23N3O. The van der Waals surface area contributed by atoms with Crippen LogP contribution in [0, 0.1) is 6.92 Å². The topological polar surface area (TPSA) is 44.7 Å². The summed E-state index contributed by atoms with van der Waals surface area (Å²) < 4.78 is 0. The molecule has 1 aliphatic heterocycles. The lowest BCUT2D eigenvalue weighted by Gasteiger charge is -2.23. The minimum atomic E-state index is -0.199. The van der Waals surface area contributed by atoms with Crippen LogP contribution in [0.4, 0.5) is 5.69 Å². The maximum absolute atomic E-state index is 12.2.